The van der Waals surface area contributed by atoms with Crippen LogP contribution in [0.2, 0.25) is 0 Å². The van der Waals surface area contributed by atoms with Crippen molar-refractivity contribution in [2.45, 2.75) is 0 Å². The lowest BCUT2D eigenvalue weighted by molar-refractivity contribution is 0.0940. The number of Topliss-reactive ketones (excluding diaryl/α,β-unsaturated/α-hetero) is 3. The highest BCUT2D eigenvalue weighted by atomic mass is 16.2. The van der Waals surface area contributed by atoms with Crippen LogP contribution in [-0.2, 0) is 0 Å². The van der Waals surface area contributed by atoms with Crippen LogP contribution >= 0.6 is 0 Å². The van der Waals surface area contributed by atoms with Gasteiger partial charge in [0.25, 0.3) is 0 Å². The molecule has 0 aliphatic heterocycles. The maximum atomic E-state index is 14.0. The highest BCUT2D eigenvalue weighted by molar-refractivity contribution is 6.49. The first kappa shape index (κ1) is 24.0. The first-order valence-corrected chi connectivity index (χ1v) is 12.7. The fourth-order valence-corrected chi connectivity index (χ4v) is 5.00. The van der Waals surface area contributed by atoms with Crippen LogP contribution in [0.4, 0.5) is 17.1 Å². The summed E-state index contributed by atoms with van der Waals surface area (Å²) in [6, 6.07) is 42.6. The van der Waals surface area contributed by atoms with E-state index in [-0.39, 0.29) is 22.5 Å². The predicted molar refractivity (Wildman–Crippen MR) is 154 cm³/mol. The van der Waals surface area contributed by atoms with Gasteiger partial charge in [-0.05, 0) is 42.0 Å². The van der Waals surface area contributed by atoms with Crippen molar-refractivity contribution in [1.82, 2.24) is 0 Å². The summed E-state index contributed by atoms with van der Waals surface area (Å²) in [7, 11) is 0. The summed E-state index contributed by atoms with van der Waals surface area (Å²) < 4.78 is 0. The minimum Gasteiger partial charge on any atom is -0.310 e. The largest absolute Gasteiger partial charge is 0.310 e. The van der Waals surface area contributed by atoms with Gasteiger partial charge in [0.2, 0.25) is 0 Å². The van der Waals surface area contributed by atoms with Crippen molar-refractivity contribution in [3.63, 3.8) is 0 Å². The maximum absolute atomic E-state index is 14.0. The minimum atomic E-state index is -0.466. The van der Waals surface area contributed by atoms with E-state index in [1.54, 1.807) is 60.7 Å². The summed E-state index contributed by atoms with van der Waals surface area (Å²) in [6.45, 7) is 0. The second-order valence-corrected chi connectivity index (χ2v) is 9.21. The van der Waals surface area contributed by atoms with Crippen LogP contribution in [0.25, 0.3) is 5.57 Å². The number of para-hydroxylation sites is 2. The van der Waals surface area contributed by atoms with Gasteiger partial charge in [0, 0.05) is 39.3 Å². The van der Waals surface area contributed by atoms with E-state index in [0.717, 1.165) is 17.1 Å². The topological polar surface area (TPSA) is 54.5 Å². The van der Waals surface area contributed by atoms with Gasteiger partial charge in [-0.3, -0.25) is 14.4 Å². The molecule has 0 spiro atoms. The number of anilines is 3. The smallest absolute Gasteiger partial charge is 0.198 e. The zero-order valence-corrected chi connectivity index (χ0v) is 21.0. The standard InChI is InChI=1S/C35H23NO3/c37-33(24-13-4-1-5-14-24)32-31(34(38)29-21-10-11-22-30(29)35(32)39)25-15-12-20-28(23-25)36(26-16-6-2-7-17-26)27-18-8-3-9-19-27/h1-23H. The third-order valence-corrected chi connectivity index (χ3v) is 6.81. The summed E-state index contributed by atoms with van der Waals surface area (Å²) in [4.78, 5) is 43.6. The number of hydrogen-bond acceptors (Lipinski definition) is 4. The third kappa shape index (κ3) is 4.38. The molecule has 0 bridgehead atoms. The van der Waals surface area contributed by atoms with Crippen LogP contribution in [-0.4, -0.2) is 17.3 Å². The molecular formula is C35H23NO3. The van der Waals surface area contributed by atoms with Gasteiger partial charge in [-0.2, -0.15) is 0 Å². The fraction of sp³-hybridized carbons (Fsp3) is 0. The lowest BCUT2D eigenvalue weighted by atomic mass is 9.78. The number of benzene rings is 5. The van der Waals surface area contributed by atoms with Crippen LogP contribution in [0.5, 0.6) is 0 Å². The van der Waals surface area contributed by atoms with Crippen LogP contribution in [0.3, 0.4) is 0 Å². The molecule has 0 saturated carbocycles. The number of rotatable bonds is 6. The highest BCUT2D eigenvalue weighted by Crippen LogP contribution is 2.39. The summed E-state index contributed by atoms with van der Waals surface area (Å²) in [5.41, 5.74) is 4.10. The molecular weight excluding hydrogens is 482 g/mol. The maximum Gasteiger partial charge on any atom is 0.198 e. The molecule has 0 N–H and O–H groups in total. The quantitative estimate of drug-likeness (QED) is 0.174. The number of allylic oxidation sites excluding steroid dienone is 2. The number of nitrogens with zero attached hydrogens (tertiary/aromatic N) is 1. The Kier molecular flexibility index (Phi) is 6.28. The molecule has 0 heterocycles. The number of fused-ring (bicyclic) bond motifs is 1. The lowest BCUT2D eigenvalue weighted by Crippen LogP contribution is -2.26. The Hall–Kier alpha value is -5.35. The van der Waals surface area contributed by atoms with Crippen molar-refractivity contribution in [3.05, 3.63) is 167 Å². The Morgan fingerprint density at radius 2 is 0.974 bits per heavy atom. The monoisotopic (exact) mass is 505 g/mol. The summed E-state index contributed by atoms with van der Waals surface area (Å²) in [6.07, 6.45) is 0. The fourth-order valence-electron chi connectivity index (χ4n) is 5.00. The van der Waals surface area contributed by atoms with E-state index in [9.17, 15) is 14.4 Å². The van der Waals surface area contributed by atoms with Gasteiger partial charge in [-0.15, -0.1) is 0 Å². The molecule has 6 rings (SSSR count). The van der Waals surface area contributed by atoms with E-state index in [4.69, 9.17) is 0 Å². The molecule has 0 atom stereocenters. The van der Waals surface area contributed by atoms with E-state index in [0.29, 0.717) is 16.7 Å². The molecule has 39 heavy (non-hydrogen) atoms. The molecule has 5 aromatic carbocycles. The summed E-state index contributed by atoms with van der Waals surface area (Å²) in [5, 5.41) is 0. The van der Waals surface area contributed by atoms with Gasteiger partial charge in [-0.25, -0.2) is 0 Å². The molecule has 186 valence electrons. The first-order chi connectivity index (χ1) is 19.1. The van der Waals surface area contributed by atoms with Gasteiger partial charge < -0.3 is 4.90 Å². The van der Waals surface area contributed by atoms with Crippen molar-refractivity contribution in [2.24, 2.45) is 0 Å². The Bertz CT molecular complexity index is 1700. The molecule has 0 fully saturated rings. The summed E-state index contributed by atoms with van der Waals surface area (Å²) in [5.74, 6) is -1.25. The van der Waals surface area contributed by atoms with Gasteiger partial charge in [0.1, 0.15) is 0 Å². The van der Waals surface area contributed by atoms with Gasteiger partial charge in [0.15, 0.2) is 17.3 Å². The molecule has 0 saturated heterocycles. The lowest BCUT2D eigenvalue weighted by Gasteiger charge is -2.26. The van der Waals surface area contributed by atoms with Crippen molar-refractivity contribution in [3.8, 4) is 0 Å². The van der Waals surface area contributed by atoms with E-state index in [1.165, 1.54) is 0 Å². The van der Waals surface area contributed by atoms with Crippen LogP contribution in [0.15, 0.2) is 145 Å². The molecule has 4 nitrogen and oxygen atoms in total. The Morgan fingerprint density at radius 3 is 1.56 bits per heavy atom. The molecule has 0 radical (unpaired) electrons. The minimum absolute atomic E-state index is 0.104. The molecule has 0 aromatic heterocycles. The predicted octanol–water partition coefficient (Wildman–Crippen LogP) is 7.87. The van der Waals surface area contributed by atoms with Crippen LogP contribution in [0.1, 0.15) is 36.6 Å². The zero-order valence-electron chi connectivity index (χ0n) is 21.0. The Morgan fingerprint density at radius 1 is 0.487 bits per heavy atom. The SMILES string of the molecule is O=C(C1=C(c2cccc(N(c3ccccc3)c3ccccc3)c2)C(=O)c2ccccc2C1=O)c1ccccc1. The number of hydrogen-bond donors (Lipinski definition) is 0. The molecule has 0 amide bonds. The molecule has 4 heteroatoms. The van der Waals surface area contributed by atoms with Crippen LogP contribution in [0, 0.1) is 0 Å². The molecule has 5 aromatic rings. The Labute approximate surface area is 226 Å². The van der Waals surface area contributed by atoms with E-state index in [1.807, 2.05) is 78.9 Å². The van der Waals surface area contributed by atoms with Gasteiger partial charge in [-0.1, -0.05) is 103 Å². The number of carbonyl (C=O) groups excluding carboxylic acids is 3. The van der Waals surface area contributed by atoms with E-state index < -0.39 is 11.6 Å². The summed E-state index contributed by atoms with van der Waals surface area (Å²) >= 11 is 0. The van der Waals surface area contributed by atoms with Crippen molar-refractivity contribution in [1.29, 1.82) is 0 Å². The second kappa shape index (κ2) is 10.2. The normalized spacial score (nSPS) is 12.7. The first-order valence-electron chi connectivity index (χ1n) is 12.7. The average molecular weight is 506 g/mol. The number of ketones is 3. The Balaban J connectivity index is 1.57. The molecule has 1 aliphatic carbocycles. The third-order valence-electron chi connectivity index (χ3n) is 6.81. The van der Waals surface area contributed by atoms with Gasteiger partial charge in [0.05, 0.1) is 5.57 Å². The van der Waals surface area contributed by atoms with Crippen molar-refractivity contribution in [2.75, 3.05) is 4.90 Å². The van der Waals surface area contributed by atoms with Crippen LogP contribution < -0.4 is 4.90 Å². The zero-order chi connectivity index (χ0) is 26.8. The van der Waals surface area contributed by atoms with Gasteiger partial charge >= 0.3 is 0 Å². The second-order valence-electron chi connectivity index (χ2n) is 9.21. The average Bonchev–Trinajstić information content (AvgIpc) is 3.00. The molecule has 0 unspecified atom stereocenters. The number of carbonyl (C=O) groups is 3. The van der Waals surface area contributed by atoms with Crippen molar-refractivity contribution >= 4 is 40.0 Å². The van der Waals surface area contributed by atoms with E-state index in [2.05, 4.69) is 4.90 Å². The van der Waals surface area contributed by atoms with Crippen molar-refractivity contribution < 1.29 is 14.4 Å². The highest BCUT2D eigenvalue weighted by Gasteiger charge is 2.36. The molecule has 1 aliphatic rings. The van der Waals surface area contributed by atoms with E-state index >= 15 is 0 Å².